The van der Waals surface area contributed by atoms with Gasteiger partial charge >= 0.3 is 0 Å². The molecule has 2 heterocycles. The number of morpholine rings is 1. The number of amides is 1. The molecule has 0 aliphatic carbocycles. The number of nitrogens with zero attached hydrogens (tertiary/aromatic N) is 3. The highest BCUT2D eigenvalue weighted by molar-refractivity contribution is 5.77. The van der Waals surface area contributed by atoms with E-state index in [1.54, 1.807) is 0 Å². The average Bonchev–Trinajstić information content (AvgIpc) is 2.76. The highest BCUT2D eigenvalue weighted by Gasteiger charge is 2.14. The minimum atomic E-state index is -0.195. The van der Waals surface area contributed by atoms with Crippen LogP contribution in [0.25, 0.3) is 0 Å². The Bertz CT molecular complexity index is 820. The summed E-state index contributed by atoms with van der Waals surface area (Å²) in [6.45, 7) is 9.73. The van der Waals surface area contributed by atoms with Crippen molar-refractivity contribution in [2.24, 2.45) is 0 Å². The molecule has 30 heavy (non-hydrogen) atoms. The Morgan fingerprint density at radius 2 is 1.90 bits per heavy atom. The van der Waals surface area contributed by atoms with E-state index in [1.807, 2.05) is 37.3 Å². The van der Waals surface area contributed by atoms with Crippen LogP contribution >= 0.6 is 0 Å². The molecule has 1 saturated heterocycles. The van der Waals surface area contributed by atoms with Gasteiger partial charge in [-0.1, -0.05) is 26.0 Å². The van der Waals surface area contributed by atoms with Crippen LogP contribution in [0.3, 0.4) is 0 Å². The topological polar surface area (TPSA) is 85.8 Å². The van der Waals surface area contributed by atoms with Gasteiger partial charge < -0.3 is 24.4 Å². The van der Waals surface area contributed by atoms with E-state index in [0.29, 0.717) is 49.7 Å². The second kappa shape index (κ2) is 10.8. The third kappa shape index (κ3) is 6.59. The third-order valence-corrected chi connectivity index (χ3v) is 4.73. The zero-order valence-corrected chi connectivity index (χ0v) is 17.9. The minimum Gasteiger partial charge on any atom is -0.484 e. The van der Waals surface area contributed by atoms with E-state index in [2.05, 4.69) is 34.0 Å². The molecule has 0 spiro atoms. The summed E-state index contributed by atoms with van der Waals surface area (Å²) in [4.78, 5) is 22.9. The minimum absolute atomic E-state index is 0.0329. The maximum Gasteiger partial charge on any atom is 0.258 e. The lowest BCUT2D eigenvalue weighted by Crippen LogP contribution is -2.37. The van der Waals surface area contributed by atoms with Crippen molar-refractivity contribution in [3.8, 4) is 11.6 Å². The van der Waals surface area contributed by atoms with Crippen LogP contribution in [0.15, 0.2) is 30.3 Å². The summed E-state index contributed by atoms with van der Waals surface area (Å²) >= 11 is 0. The van der Waals surface area contributed by atoms with Gasteiger partial charge in [-0.05, 0) is 30.5 Å². The number of rotatable bonds is 9. The Morgan fingerprint density at radius 3 is 2.60 bits per heavy atom. The highest BCUT2D eigenvalue weighted by Crippen LogP contribution is 2.19. The number of nitrogens with one attached hydrogen (secondary N) is 1. The van der Waals surface area contributed by atoms with Crippen molar-refractivity contribution in [3.05, 3.63) is 41.7 Å². The van der Waals surface area contributed by atoms with Crippen LogP contribution < -0.4 is 19.7 Å². The summed E-state index contributed by atoms with van der Waals surface area (Å²) in [7, 11) is 0. The second-order valence-corrected chi connectivity index (χ2v) is 7.42. The van der Waals surface area contributed by atoms with Crippen molar-refractivity contribution >= 4 is 11.7 Å². The number of carbonyl (C=O) groups excluding carboxylic acids is 1. The van der Waals surface area contributed by atoms with Crippen molar-refractivity contribution in [3.63, 3.8) is 0 Å². The van der Waals surface area contributed by atoms with E-state index in [-0.39, 0.29) is 12.5 Å². The highest BCUT2D eigenvalue weighted by atomic mass is 16.5. The molecule has 1 aromatic carbocycles. The zero-order chi connectivity index (χ0) is 21.3. The first-order valence-electron chi connectivity index (χ1n) is 10.3. The lowest BCUT2D eigenvalue weighted by atomic mass is 10.0. The molecule has 8 nitrogen and oxygen atoms in total. The molecule has 0 unspecified atom stereocenters. The van der Waals surface area contributed by atoms with Gasteiger partial charge in [-0.3, -0.25) is 4.79 Å². The second-order valence-electron chi connectivity index (χ2n) is 7.42. The molecule has 1 amide bonds. The van der Waals surface area contributed by atoms with Gasteiger partial charge in [0.05, 0.1) is 19.8 Å². The van der Waals surface area contributed by atoms with E-state index in [9.17, 15) is 4.79 Å². The van der Waals surface area contributed by atoms with Crippen molar-refractivity contribution in [1.82, 2.24) is 15.3 Å². The molecule has 1 aliphatic rings. The molecule has 0 atom stereocenters. The number of anilines is 1. The molecule has 1 aromatic heterocycles. The molecule has 162 valence electrons. The number of benzene rings is 1. The molecular weight excluding hydrogens is 384 g/mol. The largest absolute Gasteiger partial charge is 0.484 e. The SMILES string of the molecule is Cc1nc(OCCNC(=O)COc2ccc(C(C)C)cc2)cc(N2CCOCC2)n1. The quantitative estimate of drug-likeness (QED) is 0.630. The Balaban J connectivity index is 1.39. The number of hydrogen-bond donors (Lipinski definition) is 1. The normalized spacial score (nSPS) is 13.9. The van der Waals surface area contributed by atoms with Crippen LogP contribution in [0.2, 0.25) is 0 Å². The molecule has 3 rings (SSSR count). The Labute approximate surface area is 177 Å². The van der Waals surface area contributed by atoms with Gasteiger partial charge in [-0.25, -0.2) is 4.98 Å². The van der Waals surface area contributed by atoms with Gasteiger partial charge in [0.2, 0.25) is 5.88 Å². The van der Waals surface area contributed by atoms with Gasteiger partial charge in [-0.15, -0.1) is 0 Å². The van der Waals surface area contributed by atoms with Gasteiger partial charge in [0.15, 0.2) is 6.61 Å². The number of ether oxygens (including phenoxy) is 3. The summed E-state index contributed by atoms with van der Waals surface area (Å²) in [5.41, 5.74) is 1.24. The summed E-state index contributed by atoms with van der Waals surface area (Å²) in [6, 6.07) is 9.62. The summed E-state index contributed by atoms with van der Waals surface area (Å²) < 4.78 is 16.6. The maximum atomic E-state index is 12.0. The number of aromatic nitrogens is 2. The van der Waals surface area contributed by atoms with Crippen molar-refractivity contribution in [2.45, 2.75) is 26.7 Å². The predicted molar refractivity (Wildman–Crippen MR) is 114 cm³/mol. The van der Waals surface area contributed by atoms with Gasteiger partial charge in [0.1, 0.15) is 24.0 Å². The van der Waals surface area contributed by atoms with E-state index in [1.165, 1.54) is 5.56 Å². The van der Waals surface area contributed by atoms with E-state index >= 15 is 0 Å². The number of hydrogen-bond acceptors (Lipinski definition) is 7. The number of aryl methyl sites for hydroxylation is 1. The fraction of sp³-hybridized carbons (Fsp3) is 0.500. The van der Waals surface area contributed by atoms with Gasteiger partial charge in [-0.2, -0.15) is 4.98 Å². The molecule has 2 aromatic rings. The first kappa shape index (κ1) is 21.8. The molecule has 0 bridgehead atoms. The molecule has 0 radical (unpaired) electrons. The average molecular weight is 415 g/mol. The molecule has 1 aliphatic heterocycles. The summed E-state index contributed by atoms with van der Waals surface area (Å²) in [6.07, 6.45) is 0. The lowest BCUT2D eigenvalue weighted by Gasteiger charge is -2.28. The number of carbonyl (C=O) groups is 1. The van der Waals surface area contributed by atoms with Crippen LogP contribution in [0.5, 0.6) is 11.6 Å². The molecule has 0 saturated carbocycles. The van der Waals surface area contributed by atoms with Crippen LogP contribution in [-0.2, 0) is 9.53 Å². The molecule has 1 fully saturated rings. The van der Waals surface area contributed by atoms with E-state index in [4.69, 9.17) is 14.2 Å². The Morgan fingerprint density at radius 1 is 1.17 bits per heavy atom. The fourth-order valence-electron chi connectivity index (χ4n) is 3.05. The summed E-state index contributed by atoms with van der Waals surface area (Å²) in [5, 5.41) is 2.79. The van der Waals surface area contributed by atoms with Crippen LogP contribution in [-0.4, -0.2) is 61.9 Å². The van der Waals surface area contributed by atoms with Crippen LogP contribution in [0, 0.1) is 6.92 Å². The predicted octanol–water partition coefficient (Wildman–Crippen LogP) is 2.32. The molecule has 1 N–H and O–H groups in total. The van der Waals surface area contributed by atoms with Gasteiger partial charge in [0, 0.05) is 19.2 Å². The van der Waals surface area contributed by atoms with Crippen molar-refractivity contribution < 1.29 is 19.0 Å². The summed E-state index contributed by atoms with van der Waals surface area (Å²) in [5.74, 6) is 2.93. The first-order valence-corrected chi connectivity index (χ1v) is 10.3. The molecule has 8 heteroatoms. The van der Waals surface area contributed by atoms with Crippen LogP contribution in [0.4, 0.5) is 5.82 Å². The fourth-order valence-corrected chi connectivity index (χ4v) is 3.05. The van der Waals surface area contributed by atoms with Crippen molar-refractivity contribution in [2.75, 3.05) is 51.0 Å². The standard InChI is InChI=1S/C22H30N4O4/c1-16(2)18-4-6-19(7-5-18)30-15-21(27)23-8-11-29-22-14-20(24-17(3)25-22)26-9-12-28-13-10-26/h4-7,14,16H,8-13,15H2,1-3H3,(H,23,27). The monoisotopic (exact) mass is 414 g/mol. The Kier molecular flexibility index (Phi) is 7.84. The first-order chi connectivity index (χ1) is 14.5. The van der Waals surface area contributed by atoms with E-state index < -0.39 is 0 Å². The maximum absolute atomic E-state index is 12.0. The van der Waals surface area contributed by atoms with Crippen molar-refractivity contribution in [1.29, 1.82) is 0 Å². The van der Waals surface area contributed by atoms with E-state index in [0.717, 1.165) is 18.9 Å². The Hall–Kier alpha value is -2.87. The third-order valence-electron chi connectivity index (χ3n) is 4.73. The van der Waals surface area contributed by atoms with Crippen LogP contribution in [0.1, 0.15) is 31.2 Å². The van der Waals surface area contributed by atoms with Gasteiger partial charge in [0.25, 0.3) is 5.91 Å². The smallest absolute Gasteiger partial charge is 0.258 e. The lowest BCUT2D eigenvalue weighted by molar-refractivity contribution is -0.123. The zero-order valence-electron chi connectivity index (χ0n) is 17.9. The molecular formula is C22H30N4O4.